The van der Waals surface area contributed by atoms with Crippen molar-refractivity contribution in [2.24, 2.45) is 4.99 Å². The molecule has 0 unspecified atom stereocenters. The van der Waals surface area contributed by atoms with E-state index in [4.69, 9.17) is 27.6 Å². The molecule has 1 aliphatic heterocycles. The molecule has 0 N–H and O–H groups in total. The Morgan fingerprint density at radius 3 is 2.52 bits per heavy atom. The van der Waals surface area contributed by atoms with Crippen LogP contribution in [0.4, 0.5) is 5.69 Å². The van der Waals surface area contributed by atoms with Gasteiger partial charge < -0.3 is 4.42 Å². The summed E-state index contributed by atoms with van der Waals surface area (Å²) in [5.74, 6) is 0.783. The van der Waals surface area contributed by atoms with Crippen molar-refractivity contribution in [3.8, 4) is 0 Å². The lowest BCUT2D eigenvalue weighted by Gasteiger charge is -2.18. The molecule has 0 aliphatic carbocycles. The SMILES string of the molecule is O=C1/C(=C\c2ccco2)N=C(c2sc3ccccc3c2Cl)N1c1ccc(Cl)cc1. The Labute approximate surface area is 180 Å². The standard InChI is InChI=1S/C22H12Cl2N2O2S/c23-13-7-9-14(10-8-13)26-21(20-19(24)16-5-1-2-6-18(16)29-20)25-17(22(26)27)12-15-4-3-11-28-15/h1-12H/b17-12+. The first-order chi connectivity index (χ1) is 14.1. The van der Waals surface area contributed by atoms with Gasteiger partial charge >= 0.3 is 0 Å². The quantitative estimate of drug-likeness (QED) is 0.336. The number of fused-ring (bicyclic) bond motifs is 1. The number of nitrogens with zero attached hydrogens (tertiary/aromatic N) is 2. The number of aliphatic imine (C=N–C) groups is 1. The Morgan fingerprint density at radius 2 is 1.79 bits per heavy atom. The Kier molecular flexibility index (Phi) is 4.51. The van der Waals surface area contributed by atoms with Crippen molar-refractivity contribution >= 4 is 68.1 Å². The lowest BCUT2D eigenvalue weighted by Crippen LogP contribution is -2.32. The number of anilines is 1. The summed E-state index contributed by atoms with van der Waals surface area (Å²) in [5.41, 5.74) is 0.938. The number of carbonyl (C=O) groups is 1. The maximum absolute atomic E-state index is 13.3. The van der Waals surface area contributed by atoms with Crippen LogP contribution in [0.25, 0.3) is 16.2 Å². The van der Waals surface area contributed by atoms with Gasteiger partial charge in [-0.1, -0.05) is 41.4 Å². The monoisotopic (exact) mass is 438 g/mol. The molecule has 0 spiro atoms. The van der Waals surface area contributed by atoms with Gasteiger partial charge in [-0.3, -0.25) is 9.69 Å². The largest absolute Gasteiger partial charge is 0.465 e. The van der Waals surface area contributed by atoms with Crippen LogP contribution in [0.5, 0.6) is 0 Å². The molecule has 0 atom stereocenters. The van der Waals surface area contributed by atoms with Gasteiger partial charge in [0.2, 0.25) is 0 Å². The van der Waals surface area contributed by atoms with Crippen molar-refractivity contribution < 1.29 is 9.21 Å². The van der Waals surface area contributed by atoms with Crippen molar-refractivity contribution in [1.29, 1.82) is 0 Å². The fraction of sp³-hybridized carbons (Fsp3) is 0. The third-order valence-electron chi connectivity index (χ3n) is 4.51. The number of hydrogen-bond donors (Lipinski definition) is 0. The van der Waals surface area contributed by atoms with Gasteiger partial charge in [0, 0.05) is 21.2 Å². The number of amides is 1. The summed E-state index contributed by atoms with van der Waals surface area (Å²) in [6.07, 6.45) is 3.18. The molecule has 2 aromatic heterocycles. The van der Waals surface area contributed by atoms with E-state index in [1.165, 1.54) is 11.3 Å². The molecule has 1 aliphatic rings. The number of benzene rings is 2. The highest BCUT2D eigenvalue weighted by atomic mass is 35.5. The third kappa shape index (κ3) is 3.17. The molecule has 3 heterocycles. The topological polar surface area (TPSA) is 45.8 Å². The second kappa shape index (κ2) is 7.19. The minimum absolute atomic E-state index is 0.257. The predicted octanol–water partition coefficient (Wildman–Crippen LogP) is 6.64. The second-order valence-electron chi connectivity index (χ2n) is 6.34. The van der Waals surface area contributed by atoms with Crippen molar-refractivity contribution in [2.75, 3.05) is 4.90 Å². The molecule has 29 heavy (non-hydrogen) atoms. The van der Waals surface area contributed by atoms with Crippen LogP contribution < -0.4 is 4.90 Å². The molecule has 0 radical (unpaired) electrons. The van der Waals surface area contributed by atoms with E-state index in [-0.39, 0.29) is 11.6 Å². The summed E-state index contributed by atoms with van der Waals surface area (Å²) in [6.45, 7) is 0. The van der Waals surface area contributed by atoms with Gasteiger partial charge in [-0.15, -0.1) is 11.3 Å². The molecule has 7 heteroatoms. The van der Waals surface area contributed by atoms with Crippen LogP contribution in [0.15, 0.2) is 82.0 Å². The van der Waals surface area contributed by atoms with E-state index in [9.17, 15) is 4.79 Å². The van der Waals surface area contributed by atoms with Crippen LogP contribution in [-0.2, 0) is 4.79 Å². The molecule has 1 amide bonds. The summed E-state index contributed by atoms with van der Waals surface area (Å²) in [7, 11) is 0. The molecule has 142 valence electrons. The molecule has 0 bridgehead atoms. The lowest BCUT2D eigenvalue weighted by molar-refractivity contribution is -0.113. The Balaban J connectivity index is 1.70. The van der Waals surface area contributed by atoms with Crippen molar-refractivity contribution in [1.82, 2.24) is 0 Å². The molecule has 5 rings (SSSR count). The first kappa shape index (κ1) is 18.2. The lowest BCUT2D eigenvalue weighted by atomic mass is 10.2. The number of amidine groups is 1. The van der Waals surface area contributed by atoms with E-state index in [0.717, 1.165) is 15.0 Å². The number of halogens is 2. The van der Waals surface area contributed by atoms with E-state index in [0.29, 0.717) is 27.3 Å². The first-order valence-corrected chi connectivity index (χ1v) is 10.3. The van der Waals surface area contributed by atoms with E-state index in [1.807, 2.05) is 24.3 Å². The molecule has 2 aromatic carbocycles. The molecule has 0 fully saturated rings. The highest BCUT2D eigenvalue weighted by Gasteiger charge is 2.35. The third-order valence-corrected chi connectivity index (χ3v) is 6.43. The molecule has 0 saturated carbocycles. The Bertz CT molecular complexity index is 1290. The fourth-order valence-electron chi connectivity index (χ4n) is 3.16. The average Bonchev–Trinajstić information content (AvgIpc) is 3.43. The van der Waals surface area contributed by atoms with Gasteiger partial charge in [0.05, 0.1) is 21.9 Å². The van der Waals surface area contributed by atoms with E-state index < -0.39 is 0 Å². The summed E-state index contributed by atoms with van der Waals surface area (Å²) in [4.78, 5) is 20.2. The minimum atomic E-state index is -0.257. The Hall–Kier alpha value is -2.86. The predicted molar refractivity (Wildman–Crippen MR) is 119 cm³/mol. The zero-order valence-electron chi connectivity index (χ0n) is 14.8. The summed E-state index contributed by atoms with van der Waals surface area (Å²) in [6, 6.07) is 18.4. The maximum atomic E-state index is 13.3. The first-order valence-electron chi connectivity index (χ1n) is 8.73. The Morgan fingerprint density at radius 1 is 1.00 bits per heavy atom. The number of rotatable bonds is 3. The number of furan rings is 1. The van der Waals surface area contributed by atoms with Gasteiger partial charge in [-0.05, 0) is 42.5 Å². The molecular formula is C22H12Cl2N2O2S. The highest BCUT2D eigenvalue weighted by molar-refractivity contribution is 7.21. The number of hydrogen-bond acceptors (Lipinski definition) is 4. The van der Waals surface area contributed by atoms with Crippen LogP contribution in [0.3, 0.4) is 0 Å². The smallest absolute Gasteiger partial charge is 0.282 e. The van der Waals surface area contributed by atoms with Gasteiger partial charge in [0.1, 0.15) is 11.5 Å². The van der Waals surface area contributed by atoms with Crippen molar-refractivity contribution in [2.45, 2.75) is 0 Å². The van der Waals surface area contributed by atoms with Gasteiger partial charge in [-0.2, -0.15) is 0 Å². The second-order valence-corrected chi connectivity index (χ2v) is 8.21. The molecule has 4 aromatic rings. The van der Waals surface area contributed by atoms with E-state index in [2.05, 4.69) is 4.99 Å². The van der Waals surface area contributed by atoms with Gasteiger partial charge in [0.15, 0.2) is 5.84 Å². The summed E-state index contributed by atoms with van der Waals surface area (Å²) in [5, 5.41) is 2.10. The normalized spacial score (nSPS) is 15.5. The van der Waals surface area contributed by atoms with E-state index >= 15 is 0 Å². The van der Waals surface area contributed by atoms with Crippen molar-refractivity contribution in [3.05, 3.63) is 93.3 Å². The molecule has 0 saturated heterocycles. The van der Waals surface area contributed by atoms with Crippen LogP contribution in [-0.4, -0.2) is 11.7 Å². The van der Waals surface area contributed by atoms with Crippen LogP contribution in [0.2, 0.25) is 10.0 Å². The zero-order valence-corrected chi connectivity index (χ0v) is 17.1. The summed E-state index contributed by atoms with van der Waals surface area (Å²) >= 11 is 14.2. The highest BCUT2D eigenvalue weighted by Crippen LogP contribution is 2.39. The number of carbonyl (C=O) groups excluding carboxylic acids is 1. The van der Waals surface area contributed by atoms with Gasteiger partial charge in [0.25, 0.3) is 5.91 Å². The average molecular weight is 439 g/mol. The number of thiophene rings is 1. The van der Waals surface area contributed by atoms with Crippen LogP contribution in [0, 0.1) is 0 Å². The zero-order chi connectivity index (χ0) is 20.0. The minimum Gasteiger partial charge on any atom is -0.465 e. The van der Waals surface area contributed by atoms with Crippen LogP contribution >= 0.6 is 34.5 Å². The van der Waals surface area contributed by atoms with E-state index in [1.54, 1.807) is 53.6 Å². The molecular weight excluding hydrogens is 427 g/mol. The summed E-state index contributed by atoms with van der Waals surface area (Å²) < 4.78 is 6.39. The van der Waals surface area contributed by atoms with Crippen molar-refractivity contribution in [3.63, 3.8) is 0 Å². The fourth-order valence-corrected chi connectivity index (χ4v) is 4.79. The maximum Gasteiger partial charge on any atom is 0.282 e. The van der Waals surface area contributed by atoms with Crippen LogP contribution in [0.1, 0.15) is 10.6 Å². The van der Waals surface area contributed by atoms with Gasteiger partial charge in [-0.25, -0.2) is 4.99 Å². The molecule has 4 nitrogen and oxygen atoms in total.